The molecule has 2 aliphatic heterocycles. The number of hydrogen-bond acceptors (Lipinski definition) is 5. The zero-order chi connectivity index (χ0) is 13.8. The molecule has 1 fully saturated rings. The smallest absolute Gasteiger partial charge is 0.238 e. The van der Waals surface area contributed by atoms with Crippen LogP contribution in [-0.4, -0.2) is 43.3 Å². The number of carbonyl (C=O) groups excluding carboxylic acids is 1. The third-order valence-electron chi connectivity index (χ3n) is 3.35. The average molecular weight is 331 g/mol. The number of fused-ring (bicyclic) bond motifs is 1. The average Bonchev–Trinajstić information content (AvgIpc) is 3.01. The van der Waals surface area contributed by atoms with Gasteiger partial charge in [-0.05, 0) is 24.1 Å². The number of hydrogen-bond donors (Lipinski definition) is 2. The Balaban J connectivity index is 0.00000161. The van der Waals surface area contributed by atoms with Crippen LogP contribution in [0.5, 0.6) is 11.5 Å². The van der Waals surface area contributed by atoms with Gasteiger partial charge in [0.05, 0.1) is 6.04 Å². The normalized spacial score (nSPS) is 19.7. The lowest BCUT2D eigenvalue weighted by Gasteiger charge is -2.19. The highest BCUT2D eigenvalue weighted by molar-refractivity contribution is 7.99. The number of nitrogens with one attached hydrogen (secondary N) is 2. The summed E-state index contributed by atoms with van der Waals surface area (Å²) < 4.78 is 11.0. The molecule has 1 saturated heterocycles. The molecule has 21 heavy (non-hydrogen) atoms. The molecule has 7 heteroatoms. The SMILES string of the molecule is Cl.O=C(NCCc1ccc2c(c1)OCCO2)C1CSCN1. The molecule has 1 atom stereocenters. The summed E-state index contributed by atoms with van der Waals surface area (Å²) >= 11 is 1.75. The summed E-state index contributed by atoms with van der Waals surface area (Å²) in [5.74, 6) is 3.41. The number of carbonyl (C=O) groups is 1. The summed E-state index contributed by atoms with van der Waals surface area (Å²) in [7, 11) is 0. The van der Waals surface area contributed by atoms with E-state index in [1.807, 2.05) is 18.2 Å². The Labute approximate surface area is 134 Å². The van der Waals surface area contributed by atoms with Crippen molar-refractivity contribution in [3.05, 3.63) is 23.8 Å². The van der Waals surface area contributed by atoms with Gasteiger partial charge in [-0.15, -0.1) is 24.2 Å². The van der Waals surface area contributed by atoms with Crippen molar-refractivity contribution in [1.29, 1.82) is 0 Å². The maximum Gasteiger partial charge on any atom is 0.238 e. The van der Waals surface area contributed by atoms with Gasteiger partial charge in [0, 0.05) is 18.2 Å². The quantitative estimate of drug-likeness (QED) is 0.869. The van der Waals surface area contributed by atoms with Crippen LogP contribution >= 0.6 is 24.2 Å². The maximum absolute atomic E-state index is 11.8. The second-order valence-corrected chi connectivity index (χ2v) is 5.82. The Morgan fingerprint density at radius 3 is 2.90 bits per heavy atom. The van der Waals surface area contributed by atoms with Crippen LogP contribution in [0.4, 0.5) is 0 Å². The molecule has 1 aromatic carbocycles. The number of ether oxygens (including phenoxy) is 2. The molecule has 0 aliphatic carbocycles. The van der Waals surface area contributed by atoms with E-state index in [0.29, 0.717) is 19.8 Å². The maximum atomic E-state index is 11.8. The first kappa shape index (κ1) is 16.3. The van der Waals surface area contributed by atoms with Gasteiger partial charge in [0.15, 0.2) is 11.5 Å². The van der Waals surface area contributed by atoms with E-state index in [4.69, 9.17) is 9.47 Å². The van der Waals surface area contributed by atoms with Crippen molar-refractivity contribution in [2.75, 3.05) is 31.4 Å². The molecule has 0 saturated carbocycles. The molecule has 5 nitrogen and oxygen atoms in total. The zero-order valence-corrected chi connectivity index (χ0v) is 13.2. The number of rotatable bonds is 4. The number of halogens is 1. The van der Waals surface area contributed by atoms with Gasteiger partial charge in [-0.2, -0.15) is 0 Å². The predicted octanol–water partition coefficient (Wildman–Crippen LogP) is 1.20. The third-order valence-corrected chi connectivity index (χ3v) is 4.29. The number of thioether (sulfide) groups is 1. The van der Waals surface area contributed by atoms with Crippen LogP contribution in [0.3, 0.4) is 0 Å². The van der Waals surface area contributed by atoms with Crippen molar-refractivity contribution < 1.29 is 14.3 Å². The summed E-state index contributed by atoms with van der Waals surface area (Å²) in [5, 5.41) is 6.13. The molecule has 1 amide bonds. The minimum atomic E-state index is -0.0414. The van der Waals surface area contributed by atoms with E-state index in [1.54, 1.807) is 11.8 Å². The molecule has 0 radical (unpaired) electrons. The second-order valence-electron chi connectivity index (χ2n) is 4.79. The Bertz CT molecular complexity index is 495. The van der Waals surface area contributed by atoms with E-state index in [-0.39, 0.29) is 24.4 Å². The fraction of sp³-hybridized carbons (Fsp3) is 0.500. The molecular weight excluding hydrogens is 312 g/mol. The number of amides is 1. The largest absolute Gasteiger partial charge is 0.486 e. The van der Waals surface area contributed by atoms with Crippen molar-refractivity contribution in [2.24, 2.45) is 0 Å². The highest BCUT2D eigenvalue weighted by atomic mass is 35.5. The molecule has 1 aromatic rings. The molecule has 0 bridgehead atoms. The van der Waals surface area contributed by atoms with Gasteiger partial charge < -0.3 is 14.8 Å². The first-order valence-electron chi connectivity index (χ1n) is 6.80. The molecule has 2 N–H and O–H groups in total. The molecule has 0 aromatic heterocycles. The van der Waals surface area contributed by atoms with Gasteiger partial charge >= 0.3 is 0 Å². The fourth-order valence-electron chi connectivity index (χ4n) is 2.26. The predicted molar refractivity (Wildman–Crippen MR) is 85.6 cm³/mol. The van der Waals surface area contributed by atoms with E-state index in [9.17, 15) is 4.79 Å². The molecule has 2 heterocycles. The summed E-state index contributed by atoms with van der Waals surface area (Å²) in [5.41, 5.74) is 1.14. The monoisotopic (exact) mass is 330 g/mol. The standard InChI is InChI=1S/C14H18N2O3S.ClH/c17-14(11-8-20-9-16-11)15-4-3-10-1-2-12-13(7-10)19-6-5-18-12;/h1-2,7,11,16H,3-6,8-9H2,(H,15,17);1H. The Morgan fingerprint density at radius 1 is 1.33 bits per heavy atom. The highest BCUT2D eigenvalue weighted by Crippen LogP contribution is 2.30. The number of benzene rings is 1. The van der Waals surface area contributed by atoms with E-state index < -0.39 is 0 Å². The Kier molecular flexibility index (Phi) is 6.02. The van der Waals surface area contributed by atoms with E-state index in [0.717, 1.165) is 35.1 Å². The van der Waals surface area contributed by atoms with Crippen LogP contribution in [0.1, 0.15) is 5.56 Å². The van der Waals surface area contributed by atoms with Crippen molar-refractivity contribution in [1.82, 2.24) is 10.6 Å². The van der Waals surface area contributed by atoms with Gasteiger partial charge in [-0.1, -0.05) is 6.07 Å². The zero-order valence-electron chi connectivity index (χ0n) is 11.6. The van der Waals surface area contributed by atoms with Crippen LogP contribution < -0.4 is 20.1 Å². The topological polar surface area (TPSA) is 59.6 Å². The first-order chi connectivity index (χ1) is 9.83. The van der Waals surface area contributed by atoms with Crippen molar-refractivity contribution >= 4 is 30.1 Å². The van der Waals surface area contributed by atoms with E-state index in [2.05, 4.69) is 10.6 Å². The summed E-state index contributed by atoms with van der Waals surface area (Å²) in [4.78, 5) is 11.8. The van der Waals surface area contributed by atoms with Crippen molar-refractivity contribution in [2.45, 2.75) is 12.5 Å². The minimum absolute atomic E-state index is 0. The third kappa shape index (κ3) is 4.18. The Hall–Kier alpha value is -1.11. The minimum Gasteiger partial charge on any atom is -0.486 e. The van der Waals surface area contributed by atoms with E-state index >= 15 is 0 Å². The molecule has 3 rings (SSSR count). The summed E-state index contributed by atoms with van der Waals surface area (Å²) in [6.07, 6.45) is 0.794. The van der Waals surface area contributed by atoms with Gasteiger partial charge in [0.25, 0.3) is 0 Å². The van der Waals surface area contributed by atoms with Crippen LogP contribution in [0, 0.1) is 0 Å². The van der Waals surface area contributed by atoms with E-state index in [1.165, 1.54) is 0 Å². The van der Waals surface area contributed by atoms with Crippen LogP contribution in [-0.2, 0) is 11.2 Å². The highest BCUT2D eigenvalue weighted by Gasteiger charge is 2.21. The Morgan fingerprint density at radius 2 is 2.14 bits per heavy atom. The molecular formula is C14H19ClN2O3S. The van der Waals surface area contributed by atoms with Gasteiger partial charge in [0.2, 0.25) is 5.91 Å². The first-order valence-corrected chi connectivity index (χ1v) is 7.96. The van der Waals surface area contributed by atoms with Crippen molar-refractivity contribution in [3.63, 3.8) is 0 Å². The molecule has 1 unspecified atom stereocenters. The second kappa shape index (κ2) is 7.77. The van der Waals surface area contributed by atoms with Crippen LogP contribution in [0.15, 0.2) is 18.2 Å². The summed E-state index contributed by atoms with van der Waals surface area (Å²) in [6.45, 7) is 1.84. The molecule has 0 spiro atoms. The fourth-order valence-corrected chi connectivity index (χ4v) is 3.20. The van der Waals surface area contributed by atoms with Gasteiger partial charge in [-0.3, -0.25) is 10.1 Å². The lowest BCUT2D eigenvalue weighted by atomic mass is 10.1. The lowest BCUT2D eigenvalue weighted by molar-refractivity contribution is -0.122. The lowest BCUT2D eigenvalue weighted by Crippen LogP contribution is -2.42. The van der Waals surface area contributed by atoms with Crippen LogP contribution in [0.25, 0.3) is 0 Å². The van der Waals surface area contributed by atoms with Gasteiger partial charge in [0.1, 0.15) is 13.2 Å². The molecule has 2 aliphatic rings. The van der Waals surface area contributed by atoms with Crippen LogP contribution in [0.2, 0.25) is 0 Å². The van der Waals surface area contributed by atoms with Crippen molar-refractivity contribution in [3.8, 4) is 11.5 Å². The summed E-state index contributed by atoms with van der Waals surface area (Å²) in [6, 6.07) is 5.90. The van der Waals surface area contributed by atoms with Gasteiger partial charge in [-0.25, -0.2) is 0 Å². The molecule has 116 valence electrons.